The average molecular weight is 376 g/mol. The van der Waals surface area contributed by atoms with Crippen LogP contribution in [0.1, 0.15) is 12.1 Å². The molecule has 2 amide bonds. The number of para-hydroxylation sites is 1. The van der Waals surface area contributed by atoms with E-state index in [9.17, 15) is 9.59 Å². The highest BCUT2D eigenvalue weighted by atomic mass is 16.5. The third kappa shape index (κ3) is 4.20. The number of aromatic amines is 1. The van der Waals surface area contributed by atoms with Crippen LogP contribution >= 0.6 is 0 Å². The number of hydrogen-bond acceptors (Lipinski definition) is 4. The van der Waals surface area contributed by atoms with E-state index in [4.69, 9.17) is 4.74 Å². The zero-order valence-electron chi connectivity index (χ0n) is 15.2. The summed E-state index contributed by atoms with van der Waals surface area (Å²) >= 11 is 0. The first-order valence-electron chi connectivity index (χ1n) is 9.08. The summed E-state index contributed by atoms with van der Waals surface area (Å²) in [6.07, 6.45) is 2.11. The molecule has 2 N–H and O–H groups in total. The molecular formula is C21H20N4O3. The standard InChI is InChI=1S/C21H20N4O3/c26-20(12-15-10-11-22-24-15)23-16-13-21(27)25(14-16)17-6-8-19(9-7-17)28-18-4-2-1-3-5-18/h1-11,16H,12-14H2,(H,22,24)(H,23,26). The monoisotopic (exact) mass is 376 g/mol. The van der Waals surface area contributed by atoms with Crippen molar-refractivity contribution in [3.63, 3.8) is 0 Å². The summed E-state index contributed by atoms with van der Waals surface area (Å²) in [6.45, 7) is 0.451. The van der Waals surface area contributed by atoms with Crippen molar-refractivity contribution in [2.24, 2.45) is 0 Å². The smallest absolute Gasteiger partial charge is 0.229 e. The molecule has 142 valence electrons. The predicted octanol–water partition coefficient (Wildman–Crippen LogP) is 2.67. The van der Waals surface area contributed by atoms with Gasteiger partial charge in [0.25, 0.3) is 0 Å². The molecular weight excluding hydrogens is 356 g/mol. The fraction of sp³-hybridized carbons (Fsp3) is 0.190. The zero-order valence-corrected chi connectivity index (χ0v) is 15.2. The Morgan fingerprint density at radius 3 is 2.57 bits per heavy atom. The van der Waals surface area contributed by atoms with Gasteiger partial charge in [-0.05, 0) is 42.5 Å². The van der Waals surface area contributed by atoms with E-state index in [1.54, 1.807) is 17.2 Å². The Morgan fingerprint density at radius 2 is 1.86 bits per heavy atom. The average Bonchev–Trinajstić information content (AvgIpc) is 3.33. The molecule has 2 aromatic carbocycles. The van der Waals surface area contributed by atoms with Gasteiger partial charge < -0.3 is 15.0 Å². The molecule has 1 atom stereocenters. The van der Waals surface area contributed by atoms with Crippen molar-refractivity contribution in [3.8, 4) is 11.5 Å². The van der Waals surface area contributed by atoms with E-state index in [1.807, 2.05) is 54.6 Å². The highest BCUT2D eigenvalue weighted by Gasteiger charge is 2.31. The summed E-state index contributed by atoms with van der Waals surface area (Å²) in [5.74, 6) is 1.32. The summed E-state index contributed by atoms with van der Waals surface area (Å²) < 4.78 is 5.78. The lowest BCUT2D eigenvalue weighted by Gasteiger charge is -2.17. The Labute approximate surface area is 162 Å². The molecule has 4 rings (SSSR count). The number of anilines is 1. The van der Waals surface area contributed by atoms with Crippen molar-refractivity contribution in [3.05, 3.63) is 72.6 Å². The molecule has 2 heterocycles. The van der Waals surface area contributed by atoms with Gasteiger partial charge in [-0.25, -0.2) is 0 Å². The van der Waals surface area contributed by atoms with Crippen LogP contribution in [-0.2, 0) is 16.0 Å². The van der Waals surface area contributed by atoms with Crippen LogP contribution in [0, 0.1) is 0 Å². The van der Waals surface area contributed by atoms with Crippen molar-refractivity contribution in [1.29, 1.82) is 0 Å². The van der Waals surface area contributed by atoms with Crippen LogP contribution in [0.15, 0.2) is 66.9 Å². The molecule has 1 saturated heterocycles. The Balaban J connectivity index is 1.35. The van der Waals surface area contributed by atoms with Crippen LogP contribution in [0.4, 0.5) is 5.69 Å². The van der Waals surface area contributed by atoms with Crippen LogP contribution in [0.5, 0.6) is 11.5 Å². The van der Waals surface area contributed by atoms with Gasteiger partial charge in [-0.3, -0.25) is 14.7 Å². The molecule has 3 aromatic rings. The number of aromatic nitrogens is 2. The molecule has 1 fully saturated rings. The minimum absolute atomic E-state index is 0.0106. The van der Waals surface area contributed by atoms with E-state index in [1.165, 1.54) is 0 Å². The lowest BCUT2D eigenvalue weighted by atomic mass is 10.2. The number of nitrogens with zero attached hydrogens (tertiary/aromatic N) is 2. The van der Waals surface area contributed by atoms with Gasteiger partial charge in [0.2, 0.25) is 11.8 Å². The number of rotatable bonds is 6. The Hall–Kier alpha value is -3.61. The van der Waals surface area contributed by atoms with Crippen LogP contribution in [-0.4, -0.2) is 34.6 Å². The van der Waals surface area contributed by atoms with E-state index in [-0.39, 0.29) is 30.7 Å². The van der Waals surface area contributed by atoms with E-state index < -0.39 is 0 Å². The predicted molar refractivity (Wildman–Crippen MR) is 104 cm³/mol. The van der Waals surface area contributed by atoms with Gasteiger partial charge >= 0.3 is 0 Å². The number of carbonyl (C=O) groups excluding carboxylic acids is 2. The van der Waals surface area contributed by atoms with Crippen LogP contribution in [0.2, 0.25) is 0 Å². The molecule has 0 spiro atoms. The minimum Gasteiger partial charge on any atom is -0.457 e. The molecule has 0 radical (unpaired) electrons. The van der Waals surface area contributed by atoms with Crippen LogP contribution < -0.4 is 15.0 Å². The molecule has 7 heteroatoms. The molecule has 7 nitrogen and oxygen atoms in total. The third-order valence-corrected chi connectivity index (χ3v) is 4.53. The van der Waals surface area contributed by atoms with Crippen molar-refractivity contribution in [2.75, 3.05) is 11.4 Å². The Bertz CT molecular complexity index is 940. The van der Waals surface area contributed by atoms with Crippen LogP contribution in [0.3, 0.4) is 0 Å². The largest absolute Gasteiger partial charge is 0.457 e. The second-order valence-corrected chi connectivity index (χ2v) is 6.64. The van der Waals surface area contributed by atoms with E-state index in [0.717, 1.165) is 17.1 Å². The van der Waals surface area contributed by atoms with Gasteiger partial charge in [-0.2, -0.15) is 5.10 Å². The van der Waals surface area contributed by atoms with Crippen LogP contribution in [0.25, 0.3) is 0 Å². The van der Waals surface area contributed by atoms with Crippen molar-refractivity contribution in [2.45, 2.75) is 18.9 Å². The van der Waals surface area contributed by atoms with Gasteiger partial charge in [-0.15, -0.1) is 0 Å². The highest BCUT2D eigenvalue weighted by molar-refractivity contribution is 5.97. The fourth-order valence-corrected chi connectivity index (χ4v) is 3.21. The molecule has 0 aliphatic carbocycles. The zero-order chi connectivity index (χ0) is 19.3. The third-order valence-electron chi connectivity index (χ3n) is 4.53. The second kappa shape index (κ2) is 7.96. The molecule has 1 unspecified atom stereocenters. The van der Waals surface area contributed by atoms with E-state index in [2.05, 4.69) is 15.5 Å². The normalized spacial score (nSPS) is 16.2. The first kappa shape index (κ1) is 17.8. The second-order valence-electron chi connectivity index (χ2n) is 6.64. The molecule has 28 heavy (non-hydrogen) atoms. The first-order chi connectivity index (χ1) is 13.7. The maximum atomic E-state index is 12.4. The van der Waals surface area contributed by atoms with Crippen molar-refractivity contribution in [1.82, 2.24) is 15.5 Å². The van der Waals surface area contributed by atoms with Crippen molar-refractivity contribution < 1.29 is 14.3 Å². The number of ether oxygens (including phenoxy) is 1. The Kier molecular flexibility index (Phi) is 5.05. The quantitative estimate of drug-likeness (QED) is 0.692. The molecule has 0 saturated carbocycles. The number of H-pyrrole nitrogens is 1. The van der Waals surface area contributed by atoms with Gasteiger partial charge in [0.15, 0.2) is 0 Å². The number of benzene rings is 2. The summed E-state index contributed by atoms with van der Waals surface area (Å²) in [7, 11) is 0. The number of hydrogen-bond donors (Lipinski definition) is 2. The van der Waals surface area contributed by atoms with E-state index in [0.29, 0.717) is 12.3 Å². The summed E-state index contributed by atoms with van der Waals surface area (Å²) in [5, 5.41) is 9.50. The maximum Gasteiger partial charge on any atom is 0.229 e. The summed E-state index contributed by atoms with van der Waals surface area (Å²) in [4.78, 5) is 26.2. The van der Waals surface area contributed by atoms with Gasteiger partial charge in [-0.1, -0.05) is 18.2 Å². The molecule has 1 aliphatic rings. The van der Waals surface area contributed by atoms with E-state index >= 15 is 0 Å². The first-order valence-corrected chi connectivity index (χ1v) is 9.08. The maximum absolute atomic E-state index is 12.4. The number of nitrogens with one attached hydrogen (secondary N) is 2. The molecule has 1 aromatic heterocycles. The lowest BCUT2D eigenvalue weighted by Crippen LogP contribution is -2.38. The fourth-order valence-electron chi connectivity index (χ4n) is 3.21. The van der Waals surface area contributed by atoms with Gasteiger partial charge in [0, 0.05) is 30.5 Å². The van der Waals surface area contributed by atoms with Crippen molar-refractivity contribution >= 4 is 17.5 Å². The molecule has 0 bridgehead atoms. The van der Waals surface area contributed by atoms with Gasteiger partial charge in [0.05, 0.1) is 12.5 Å². The Morgan fingerprint density at radius 1 is 1.11 bits per heavy atom. The number of amides is 2. The SMILES string of the molecule is O=C(Cc1ccn[nH]1)NC1CC(=O)N(c2ccc(Oc3ccccc3)cc2)C1. The lowest BCUT2D eigenvalue weighted by molar-refractivity contribution is -0.121. The summed E-state index contributed by atoms with van der Waals surface area (Å²) in [5.41, 5.74) is 1.53. The summed E-state index contributed by atoms with van der Waals surface area (Å²) in [6, 6.07) is 18.4. The number of carbonyl (C=O) groups is 2. The van der Waals surface area contributed by atoms with Gasteiger partial charge in [0.1, 0.15) is 11.5 Å². The topological polar surface area (TPSA) is 87.3 Å². The highest BCUT2D eigenvalue weighted by Crippen LogP contribution is 2.26. The minimum atomic E-state index is -0.205. The molecule has 1 aliphatic heterocycles.